The number of piperidine rings is 1. The average Bonchev–Trinajstić information content (AvgIpc) is 2.97. The first-order valence-electron chi connectivity index (χ1n) is 9.64. The average molecular weight is 384 g/mol. The van der Waals surface area contributed by atoms with Gasteiger partial charge in [0.25, 0.3) is 0 Å². The van der Waals surface area contributed by atoms with Crippen molar-refractivity contribution in [2.45, 2.75) is 45.6 Å². The molecule has 8 heteroatoms. The lowest BCUT2D eigenvalue weighted by molar-refractivity contribution is 0.353. The highest BCUT2D eigenvalue weighted by molar-refractivity contribution is 5.69. The first-order valence-corrected chi connectivity index (χ1v) is 9.64. The molecular formula is C20H25FN6O. The van der Waals surface area contributed by atoms with Crippen molar-refractivity contribution < 1.29 is 4.39 Å². The molecule has 0 atom stereocenters. The van der Waals surface area contributed by atoms with E-state index in [1.54, 1.807) is 10.8 Å². The van der Waals surface area contributed by atoms with Gasteiger partial charge in [-0.25, -0.2) is 24.1 Å². The van der Waals surface area contributed by atoms with E-state index in [2.05, 4.69) is 19.9 Å². The third kappa shape index (κ3) is 3.39. The number of hydrogen-bond donors (Lipinski definition) is 1. The fourth-order valence-electron chi connectivity index (χ4n) is 3.85. The van der Waals surface area contributed by atoms with Crippen LogP contribution in [0.5, 0.6) is 0 Å². The zero-order valence-electron chi connectivity index (χ0n) is 16.4. The molecule has 4 heterocycles. The lowest BCUT2D eigenvalue weighted by Gasteiger charge is -2.33. The normalized spacial score (nSPS) is 16.1. The van der Waals surface area contributed by atoms with Gasteiger partial charge in [-0.1, -0.05) is 20.8 Å². The van der Waals surface area contributed by atoms with Crippen LogP contribution < -0.4 is 10.6 Å². The van der Waals surface area contributed by atoms with Crippen molar-refractivity contribution >= 4 is 17.0 Å². The van der Waals surface area contributed by atoms with E-state index < -0.39 is 0 Å². The Morgan fingerprint density at radius 3 is 2.68 bits per heavy atom. The number of fused-ring (bicyclic) bond motifs is 1. The first-order chi connectivity index (χ1) is 13.3. The highest BCUT2D eigenvalue weighted by Crippen LogP contribution is 2.30. The molecule has 0 amide bonds. The molecule has 28 heavy (non-hydrogen) atoms. The van der Waals surface area contributed by atoms with Crippen LogP contribution in [-0.4, -0.2) is 37.6 Å². The Labute approximate surface area is 162 Å². The molecule has 0 saturated carbocycles. The van der Waals surface area contributed by atoms with Crippen LogP contribution in [0, 0.1) is 11.7 Å². The van der Waals surface area contributed by atoms with Gasteiger partial charge in [0, 0.05) is 31.2 Å². The maximum Gasteiger partial charge on any atom is 0.327 e. The van der Waals surface area contributed by atoms with Crippen molar-refractivity contribution in [2.75, 3.05) is 18.0 Å². The van der Waals surface area contributed by atoms with E-state index in [1.165, 1.54) is 6.33 Å². The number of aromatic nitrogens is 5. The fraction of sp³-hybridized carbons (Fsp3) is 0.500. The quantitative estimate of drug-likeness (QED) is 0.751. The fourth-order valence-corrected chi connectivity index (χ4v) is 3.85. The van der Waals surface area contributed by atoms with Gasteiger partial charge in [-0.15, -0.1) is 0 Å². The Balaban J connectivity index is 1.48. The summed E-state index contributed by atoms with van der Waals surface area (Å²) in [6.07, 6.45) is 4.86. The van der Waals surface area contributed by atoms with Crippen LogP contribution in [0.3, 0.4) is 0 Å². The van der Waals surface area contributed by atoms with Crippen LogP contribution >= 0.6 is 0 Å². The van der Waals surface area contributed by atoms with Crippen molar-refractivity contribution in [2.24, 2.45) is 5.92 Å². The zero-order valence-corrected chi connectivity index (χ0v) is 16.4. The van der Waals surface area contributed by atoms with Crippen LogP contribution in [0.1, 0.15) is 39.3 Å². The van der Waals surface area contributed by atoms with Gasteiger partial charge in [0.1, 0.15) is 6.33 Å². The van der Waals surface area contributed by atoms with Crippen LogP contribution in [0.25, 0.3) is 11.2 Å². The monoisotopic (exact) mass is 384 g/mol. The maximum atomic E-state index is 15.0. The van der Waals surface area contributed by atoms with E-state index in [1.807, 2.05) is 37.8 Å². The summed E-state index contributed by atoms with van der Waals surface area (Å²) in [5.74, 6) is 0.386. The molecule has 4 rings (SSSR count). The van der Waals surface area contributed by atoms with Gasteiger partial charge in [0.2, 0.25) is 0 Å². The Morgan fingerprint density at radius 1 is 1.21 bits per heavy atom. The Morgan fingerprint density at radius 2 is 1.96 bits per heavy atom. The highest BCUT2D eigenvalue weighted by atomic mass is 19.1. The molecule has 0 aliphatic carbocycles. The SMILES string of the molecule is CC(C)(C)c1ncnc(N2CCC(Cn3c(=O)[nH]c4cccnc43)CC2)c1F. The Hall–Kier alpha value is -2.77. The van der Waals surface area contributed by atoms with Gasteiger partial charge in [-0.05, 0) is 30.9 Å². The summed E-state index contributed by atoms with van der Waals surface area (Å²) in [5, 5.41) is 0. The predicted molar refractivity (Wildman–Crippen MR) is 106 cm³/mol. The minimum absolute atomic E-state index is 0.132. The summed E-state index contributed by atoms with van der Waals surface area (Å²) < 4.78 is 16.7. The van der Waals surface area contributed by atoms with Crippen molar-refractivity contribution in [3.63, 3.8) is 0 Å². The summed E-state index contributed by atoms with van der Waals surface area (Å²) in [7, 11) is 0. The van der Waals surface area contributed by atoms with Crippen LogP contribution in [0.4, 0.5) is 10.2 Å². The van der Waals surface area contributed by atoms with Gasteiger partial charge in [-0.2, -0.15) is 0 Å². The van der Waals surface area contributed by atoms with E-state index in [0.717, 1.165) is 18.4 Å². The molecule has 0 radical (unpaired) electrons. The van der Waals surface area contributed by atoms with E-state index in [4.69, 9.17) is 0 Å². The molecule has 3 aromatic rings. The van der Waals surface area contributed by atoms with Crippen LogP contribution in [-0.2, 0) is 12.0 Å². The second kappa shape index (κ2) is 7.00. The summed E-state index contributed by atoms with van der Waals surface area (Å²) in [4.78, 5) is 29.8. The van der Waals surface area contributed by atoms with E-state index in [0.29, 0.717) is 42.7 Å². The second-order valence-corrected chi connectivity index (χ2v) is 8.46. The van der Waals surface area contributed by atoms with Gasteiger partial charge < -0.3 is 9.88 Å². The molecule has 148 valence electrons. The van der Waals surface area contributed by atoms with Crippen molar-refractivity contribution in [3.8, 4) is 0 Å². The number of rotatable bonds is 3. The third-order valence-electron chi connectivity index (χ3n) is 5.37. The molecule has 1 fully saturated rings. The van der Waals surface area contributed by atoms with Gasteiger partial charge in [0.05, 0.1) is 11.2 Å². The minimum atomic E-state index is -0.371. The lowest BCUT2D eigenvalue weighted by Crippen LogP contribution is -2.37. The standard InChI is InChI=1S/C20H25FN6O/c1-20(2,3)16-15(21)18(24-12-23-16)26-9-6-13(7-10-26)11-27-17-14(25-19(27)28)5-4-8-22-17/h4-5,8,12-13H,6-7,9-11H2,1-3H3,(H,25,28). The summed E-state index contributed by atoms with van der Waals surface area (Å²) in [5.41, 5.74) is 1.38. The summed E-state index contributed by atoms with van der Waals surface area (Å²) in [6.45, 7) is 7.85. The molecule has 0 spiro atoms. The Kier molecular flexibility index (Phi) is 4.64. The van der Waals surface area contributed by atoms with Crippen molar-refractivity contribution in [3.05, 3.63) is 46.7 Å². The molecule has 1 saturated heterocycles. The number of anilines is 1. The minimum Gasteiger partial charge on any atom is -0.354 e. The molecule has 1 N–H and O–H groups in total. The van der Waals surface area contributed by atoms with E-state index in [9.17, 15) is 9.18 Å². The molecule has 7 nitrogen and oxygen atoms in total. The molecule has 3 aromatic heterocycles. The number of nitrogens with zero attached hydrogens (tertiary/aromatic N) is 5. The number of hydrogen-bond acceptors (Lipinski definition) is 5. The molecule has 0 unspecified atom stereocenters. The topological polar surface area (TPSA) is 79.7 Å². The molecule has 1 aliphatic rings. The van der Waals surface area contributed by atoms with Gasteiger partial charge >= 0.3 is 5.69 Å². The number of aromatic amines is 1. The largest absolute Gasteiger partial charge is 0.354 e. The number of pyridine rings is 1. The number of nitrogens with one attached hydrogen (secondary N) is 1. The van der Waals surface area contributed by atoms with Crippen LogP contribution in [0.15, 0.2) is 29.5 Å². The predicted octanol–water partition coefficient (Wildman–Crippen LogP) is 2.87. The van der Waals surface area contributed by atoms with Gasteiger partial charge in [0.15, 0.2) is 17.3 Å². The second-order valence-electron chi connectivity index (χ2n) is 8.46. The number of imidazole rings is 1. The van der Waals surface area contributed by atoms with Crippen LogP contribution in [0.2, 0.25) is 0 Å². The molecule has 1 aliphatic heterocycles. The smallest absolute Gasteiger partial charge is 0.327 e. The molecule has 0 bridgehead atoms. The summed E-state index contributed by atoms with van der Waals surface area (Å²) >= 11 is 0. The third-order valence-corrected chi connectivity index (χ3v) is 5.37. The zero-order chi connectivity index (χ0) is 19.9. The first kappa shape index (κ1) is 18.6. The lowest BCUT2D eigenvalue weighted by atomic mass is 9.91. The van der Waals surface area contributed by atoms with Gasteiger partial charge in [-0.3, -0.25) is 4.57 Å². The molecular weight excluding hydrogens is 359 g/mol. The number of H-pyrrole nitrogens is 1. The molecule has 0 aromatic carbocycles. The highest BCUT2D eigenvalue weighted by Gasteiger charge is 2.28. The van der Waals surface area contributed by atoms with Crippen molar-refractivity contribution in [1.29, 1.82) is 0 Å². The van der Waals surface area contributed by atoms with Crippen molar-refractivity contribution in [1.82, 2.24) is 24.5 Å². The van der Waals surface area contributed by atoms with E-state index >= 15 is 0 Å². The number of halogens is 1. The Bertz CT molecular complexity index is 1040. The summed E-state index contributed by atoms with van der Waals surface area (Å²) in [6, 6.07) is 3.66. The maximum absolute atomic E-state index is 15.0. The van der Waals surface area contributed by atoms with E-state index in [-0.39, 0.29) is 16.9 Å².